The predicted molar refractivity (Wildman–Crippen MR) is 97.9 cm³/mol. The second-order valence-corrected chi connectivity index (χ2v) is 5.66. The molecule has 0 aromatic heterocycles. The lowest BCUT2D eigenvalue weighted by atomic mass is 10.0. The first-order chi connectivity index (χ1) is 13.3. The number of esters is 1. The molecule has 2 aromatic carbocycles. The number of carbonyl (C=O) groups is 1. The zero-order valence-electron chi connectivity index (χ0n) is 14.8. The number of nitrogens with zero attached hydrogens (tertiary/aromatic N) is 1. The lowest BCUT2D eigenvalue weighted by Gasteiger charge is -2.10. The third-order valence-electron chi connectivity index (χ3n) is 3.47. The van der Waals surface area contributed by atoms with Crippen LogP contribution in [0.4, 0.5) is 13.2 Å². The van der Waals surface area contributed by atoms with E-state index in [0.717, 1.165) is 12.1 Å². The first-order valence-electron chi connectivity index (χ1n) is 7.76. The van der Waals surface area contributed by atoms with E-state index in [2.05, 4.69) is 5.16 Å². The van der Waals surface area contributed by atoms with Crippen molar-refractivity contribution in [1.29, 1.82) is 0 Å². The molecule has 0 aliphatic carbocycles. The molecule has 28 heavy (non-hydrogen) atoms. The highest BCUT2D eigenvalue weighted by atomic mass is 35.5. The number of halogens is 4. The van der Waals surface area contributed by atoms with Gasteiger partial charge in [0.15, 0.2) is 10.9 Å². The molecule has 0 heterocycles. The summed E-state index contributed by atoms with van der Waals surface area (Å²) in [6.07, 6.45) is -3.33. The van der Waals surface area contributed by atoms with Crippen molar-refractivity contribution in [3.05, 3.63) is 71.5 Å². The van der Waals surface area contributed by atoms with E-state index in [0.29, 0.717) is 11.1 Å². The van der Waals surface area contributed by atoms with Crippen molar-refractivity contribution in [2.75, 3.05) is 14.2 Å². The number of benzene rings is 2. The molecule has 0 amide bonds. The minimum absolute atomic E-state index is 0.0769. The van der Waals surface area contributed by atoms with E-state index >= 15 is 0 Å². The van der Waals surface area contributed by atoms with E-state index in [1.165, 1.54) is 32.6 Å². The number of hydrogen-bond acceptors (Lipinski definition) is 5. The first kappa shape index (κ1) is 21.3. The molecule has 2 aromatic rings. The van der Waals surface area contributed by atoms with Crippen LogP contribution in [0.2, 0.25) is 0 Å². The molecule has 0 bridgehead atoms. The van der Waals surface area contributed by atoms with Gasteiger partial charge in [0, 0.05) is 11.1 Å². The molecule has 148 valence electrons. The number of rotatable bonds is 6. The molecule has 0 saturated carbocycles. The van der Waals surface area contributed by atoms with Gasteiger partial charge in [-0.25, -0.2) is 4.79 Å². The molecule has 0 aliphatic heterocycles. The van der Waals surface area contributed by atoms with Crippen LogP contribution in [0.5, 0.6) is 5.75 Å². The van der Waals surface area contributed by atoms with Crippen molar-refractivity contribution in [3.8, 4) is 5.75 Å². The highest BCUT2D eigenvalue weighted by Crippen LogP contribution is 2.31. The normalized spacial score (nSPS) is 12.5. The van der Waals surface area contributed by atoms with Crippen LogP contribution in [0.15, 0.2) is 59.9 Å². The largest absolute Gasteiger partial charge is 0.503 e. The summed E-state index contributed by atoms with van der Waals surface area (Å²) < 4.78 is 48.0. The first-order valence-corrected chi connectivity index (χ1v) is 8.14. The topological polar surface area (TPSA) is 57.1 Å². The van der Waals surface area contributed by atoms with Gasteiger partial charge in [0.1, 0.15) is 5.57 Å². The van der Waals surface area contributed by atoms with Gasteiger partial charge in [-0.05, 0) is 18.2 Å². The molecule has 0 fully saturated rings. The van der Waals surface area contributed by atoms with Crippen molar-refractivity contribution in [3.63, 3.8) is 0 Å². The van der Waals surface area contributed by atoms with Crippen molar-refractivity contribution in [2.45, 2.75) is 6.18 Å². The highest BCUT2D eigenvalue weighted by Gasteiger charge is 2.30. The molecule has 0 radical (unpaired) electrons. The predicted octanol–water partition coefficient (Wildman–Crippen LogP) is 4.85. The molecule has 2 rings (SSSR count). The van der Waals surface area contributed by atoms with Gasteiger partial charge in [0.2, 0.25) is 0 Å². The van der Waals surface area contributed by atoms with Crippen molar-refractivity contribution in [1.82, 2.24) is 0 Å². The van der Waals surface area contributed by atoms with E-state index in [-0.39, 0.29) is 16.5 Å². The van der Waals surface area contributed by atoms with Crippen LogP contribution in [-0.4, -0.2) is 25.4 Å². The van der Waals surface area contributed by atoms with Gasteiger partial charge in [0.25, 0.3) is 0 Å². The number of carbonyl (C=O) groups excluding carboxylic acids is 1. The molecule has 0 unspecified atom stereocenters. The summed E-state index contributed by atoms with van der Waals surface area (Å²) in [4.78, 5) is 17.0. The van der Waals surface area contributed by atoms with Gasteiger partial charge < -0.3 is 14.3 Å². The minimum Gasteiger partial charge on any atom is -0.503 e. The van der Waals surface area contributed by atoms with E-state index in [4.69, 9.17) is 25.9 Å². The Labute approximate surface area is 164 Å². The third kappa shape index (κ3) is 5.26. The molecule has 0 aliphatic rings. The van der Waals surface area contributed by atoms with E-state index < -0.39 is 17.7 Å². The van der Waals surface area contributed by atoms with Gasteiger partial charge in [-0.15, -0.1) is 0 Å². The summed E-state index contributed by atoms with van der Waals surface area (Å²) in [5.41, 5.74) is -0.164. The Morgan fingerprint density at radius 2 is 1.75 bits per heavy atom. The monoisotopic (exact) mass is 413 g/mol. The summed E-state index contributed by atoms with van der Waals surface area (Å²) >= 11 is 6.17. The smallest absolute Gasteiger partial charge is 0.416 e. The third-order valence-corrected chi connectivity index (χ3v) is 3.75. The molecule has 9 heteroatoms. The van der Waals surface area contributed by atoms with Crippen molar-refractivity contribution >= 4 is 28.3 Å². The summed E-state index contributed by atoms with van der Waals surface area (Å²) in [6.45, 7) is 0. The molecule has 0 saturated heterocycles. The second kappa shape index (κ2) is 9.27. The summed E-state index contributed by atoms with van der Waals surface area (Å²) in [6, 6.07) is 10.6. The van der Waals surface area contributed by atoms with Crippen LogP contribution < -0.4 is 4.84 Å². The molecule has 0 spiro atoms. The van der Waals surface area contributed by atoms with Gasteiger partial charge in [0.05, 0.1) is 26.0 Å². The van der Waals surface area contributed by atoms with Crippen LogP contribution in [0.25, 0.3) is 5.57 Å². The Balaban J connectivity index is 2.36. The van der Waals surface area contributed by atoms with Gasteiger partial charge in [-0.3, -0.25) is 0 Å². The summed E-state index contributed by atoms with van der Waals surface area (Å²) in [5, 5.41) is 3.49. The maximum atomic E-state index is 12.8. The molecule has 5 nitrogen and oxygen atoms in total. The zero-order chi connectivity index (χ0) is 20.7. The SMILES string of the molecule is CO/C=C(/C(=O)OC)c1ccccc1C(Cl)=NOc1cccc(C(F)(F)F)c1. The summed E-state index contributed by atoms with van der Waals surface area (Å²) in [7, 11) is 2.57. The second-order valence-electron chi connectivity index (χ2n) is 5.30. The molecule has 0 atom stereocenters. The van der Waals surface area contributed by atoms with Crippen LogP contribution in [0.3, 0.4) is 0 Å². The van der Waals surface area contributed by atoms with Crippen LogP contribution >= 0.6 is 11.6 Å². The molecule has 0 N–H and O–H groups in total. The van der Waals surface area contributed by atoms with Crippen LogP contribution in [0, 0.1) is 0 Å². The lowest BCUT2D eigenvalue weighted by molar-refractivity contribution is -0.137. The fourth-order valence-corrected chi connectivity index (χ4v) is 2.42. The Kier molecular flexibility index (Phi) is 7.06. The Morgan fingerprint density at radius 1 is 1.07 bits per heavy atom. The van der Waals surface area contributed by atoms with Gasteiger partial charge in [-0.1, -0.05) is 47.1 Å². The Hall–Kier alpha value is -3.00. The Morgan fingerprint density at radius 3 is 2.36 bits per heavy atom. The molecular formula is C19H15ClF3NO4. The molecular weight excluding hydrogens is 399 g/mol. The fourth-order valence-electron chi connectivity index (χ4n) is 2.22. The number of oxime groups is 1. The van der Waals surface area contributed by atoms with E-state index in [1.54, 1.807) is 24.3 Å². The average molecular weight is 414 g/mol. The van der Waals surface area contributed by atoms with Crippen molar-refractivity contribution < 1.29 is 32.3 Å². The maximum absolute atomic E-state index is 12.8. The fraction of sp³-hybridized carbons (Fsp3) is 0.158. The number of alkyl halides is 3. The average Bonchev–Trinajstić information content (AvgIpc) is 2.69. The quantitative estimate of drug-likeness (QED) is 0.223. The van der Waals surface area contributed by atoms with Gasteiger partial charge >= 0.3 is 12.1 Å². The Bertz CT molecular complexity index is 910. The minimum atomic E-state index is -4.51. The summed E-state index contributed by atoms with van der Waals surface area (Å²) in [5.74, 6) is -0.816. The van der Waals surface area contributed by atoms with Crippen LogP contribution in [0.1, 0.15) is 16.7 Å². The van der Waals surface area contributed by atoms with Crippen molar-refractivity contribution in [2.24, 2.45) is 5.16 Å². The zero-order valence-corrected chi connectivity index (χ0v) is 15.5. The van der Waals surface area contributed by atoms with E-state index in [1.807, 2.05) is 0 Å². The maximum Gasteiger partial charge on any atom is 0.416 e. The number of methoxy groups -OCH3 is 2. The number of hydrogen-bond donors (Lipinski definition) is 0. The number of ether oxygens (including phenoxy) is 2. The van der Waals surface area contributed by atoms with E-state index in [9.17, 15) is 18.0 Å². The lowest BCUT2D eigenvalue weighted by Crippen LogP contribution is -2.09. The van der Waals surface area contributed by atoms with Gasteiger partial charge in [-0.2, -0.15) is 13.2 Å². The van der Waals surface area contributed by atoms with Crippen LogP contribution in [-0.2, 0) is 20.4 Å². The highest BCUT2D eigenvalue weighted by molar-refractivity contribution is 6.69. The standard InChI is InChI=1S/C19H15ClF3NO4/c1-26-11-16(18(25)27-2)14-8-3-4-9-15(14)17(20)24-28-13-7-5-6-12(10-13)19(21,22)23/h3-11H,1-2H3/b16-11+,24-17?.